The summed E-state index contributed by atoms with van der Waals surface area (Å²) in [5.74, 6) is 0.278. The number of nitrogens with zero attached hydrogens (tertiary/aromatic N) is 1. The zero-order valence-electron chi connectivity index (χ0n) is 19.4. The van der Waals surface area contributed by atoms with Gasteiger partial charge in [-0.25, -0.2) is 0 Å². The molecule has 0 aromatic heterocycles. The predicted octanol–water partition coefficient (Wildman–Crippen LogP) is 7.48. The molecule has 0 saturated carbocycles. The molecule has 0 fully saturated rings. The summed E-state index contributed by atoms with van der Waals surface area (Å²) >= 11 is 0. The minimum Gasteiger partial charge on any atom is -0.344 e. The summed E-state index contributed by atoms with van der Waals surface area (Å²) in [4.78, 5) is 15.9. The first-order valence-corrected chi connectivity index (χ1v) is 12.1. The molecule has 3 aromatic rings. The Hall–Kier alpha value is -3.39. The van der Waals surface area contributed by atoms with Gasteiger partial charge in [-0.05, 0) is 72.7 Å². The van der Waals surface area contributed by atoms with Gasteiger partial charge >= 0.3 is 0 Å². The number of carbonyl (C=O) groups excluding carboxylic acids is 1. The van der Waals surface area contributed by atoms with Crippen LogP contribution in [0, 0.1) is 13.8 Å². The first-order chi connectivity index (χ1) is 16.1. The van der Waals surface area contributed by atoms with Crippen molar-refractivity contribution in [1.82, 2.24) is 0 Å². The van der Waals surface area contributed by atoms with Crippen LogP contribution in [0.1, 0.15) is 58.3 Å². The molecule has 3 aromatic carbocycles. The molecule has 33 heavy (non-hydrogen) atoms. The lowest BCUT2D eigenvalue weighted by Crippen LogP contribution is -2.29. The van der Waals surface area contributed by atoms with Crippen LogP contribution in [0.25, 0.3) is 16.3 Å². The van der Waals surface area contributed by atoms with E-state index in [9.17, 15) is 4.79 Å². The second kappa shape index (κ2) is 7.88. The van der Waals surface area contributed by atoms with Crippen LogP contribution in [0.5, 0.6) is 0 Å². The number of Topliss-reactive ketones (excluding diaryl/α,β-unsaturated/α-hetero) is 1. The molecule has 6 rings (SSSR count). The molecule has 0 amide bonds. The molecule has 0 unspecified atom stereocenters. The molecule has 0 bridgehead atoms. The van der Waals surface area contributed by atoms with Gasteiger partial charge in [0.05, 0.1) is 5.69 Å². The van der Waals surface area contributed by atoms with E-state index in [1.165, 1.54) is 38.9 Å². The van der Waals surface area contributed by atoms with Gasteiger partial charge in [-0.2, -0.15) is 0 Å². The molecule has 2 aliphatic carbocycles. The Morgan fingerprint density at radius 3 is 2.70 bits per heavy atom. The fraction of sp³-hybridized carbons (Fsp3) is 0.258. The molecule has 0 spiro atoms. The normalized spacial score (nSPS) is 19.4. The number of benzene rings is 3. The van der Waals surface area contributed by atoms with E-state index in [2.05, 4.69) is 91.7 Å². The predicted molar refractivity (Wildman–Crippen MR) is 138 cm³/mol. The van der Waals surface area contributed by atoms with E-state index in [-0.39, 0.29) is 5.78 Å². The van der Waals surface area contributed by atoms with Crippen molar-refractivity contribution in [2.75, 3.05) is 4.90 Å². The Labute approximate surface area is 195 Å². The van der Waals surface area contributed by atoms with E-state index in [0.29, 0.717) is 12.5 Å². The van der Waals surface area contributed by atoms with Crippen molar-refractivity contribution in [1.29, 1.82) is 0 Å². The van der Waals surface area contributed by atoms with Crippen molar-refractivity contribution < 1.29 is 4.79 Å². The summed E-state index contributed by atoms with van der Waals surface area (Å²) in [6, 6.07) is 17.9. The molecule has 0 N–H and O–H groups in total. The van der Waals surface area contributed by atoms with Gasteiger partial charge in [-0.15, -0.1) is 0 Å². The highest BCUT2D eigenvalue weighted by molar-refractivity contribution is 6.18. The van der Waals surface area contributed by atoms with Crippen LogP contribution in [-0.4, -0.2) is 11.8 Å². The number of rotatable bonds is 3. The van der Waals surface area contributed by atoms with Gasteiger partial charge in [0.2, 0.25) is 0 Å². The van der Waals surface area contributed by atoms with Crippen molar-refractivity contribution in [2.24, 2.45) is 0 Å². The molecular formula is C31H29NO. The van der Waals surface area contributed by atoms with Crippen LogP contribution < -0.4 is 4.90 Å². The van der Waals surface area contributed by atoms with E-state index >= 15 is 0 Å². The Balaban J connectivity index is 1.52. The van der Waals surface area contributed by atoms with Crippen LogP contribution in [0.15, 0.2) is 78.5 Å². The van der Waals surface area contributed by atoms with Gasteiger partial charge in [0, 0.05) is 29.6 Å². The third-order valence-electron chi connectivity index (χ3n) is 7.52. The van der Waals surface area contributed by atoms with Crippen molar-refractivity contribution >= 4 is 27.8 Å². The molecule has 3 aliphatic rings. The Morgan fingerprint density at radius 1 is 1.00 bits per heavy atom. The molecular weight excluding hydrogens is 402 g/mol. The van der Waals surface area contributed by atoms with Crippen LogP contribution in [0.2, 0.25) is 0 Å². The molecule has 1 atom stereocenters. The second-order valence-corrected chi connectivity index (χ2v) is 9.70. The van der Waals surface area contributed by atoms with Crippen LogP contribution in [0.4, 0.5) is 5.69 Å². The highest BCUT2D eigenvalue weighted by atomic mass is 16.1. The highest BCUT2D eigenvalue weighted by Gasteiger charge is 2.30. The lowest BCUT2D eigenvalue weighted by Gasteiger charge is -2.31. The summed E-state index contributed by atoms with van der Waals surface area (Å²) in [7, 11) is 0. The molecule has 0 radical (unpaired) electrons. The zero-order chi connectivity index (χ0) is 22.5. The Morgan fingerprint density at radius 2 is 1.85 bits per heavy atom. The molecule has 2 heteroatoms. The lowest BCUT2D eigenvalue weighted by atomic mass is 9.78. The third kappa shape index (κ3) is 3.28. The summed E-state index contributed by atoms with van der Waals surface area (Å²) < 4.78 is 0. The van der Waals surface area contributed by atoms with E-state index in [4.69, 9.17) is 0 Å². The summed E-state index contributed by atoms with van der Waals surface area (Å²) in [6.45, 7) is 4.37. The molecule has 1 heterocycles. The monoisotopic (exact) mass is 431 g/mol. The zero-order valence-corrected chi connectivity index (χ0v) is 19.4. The summed E-state index contributed by atoms with van der Waals surface area (Å²) in [6.07, 6.45) is 13.7. The fourth-order valence-electron chi connectivity index (χ4n) is 6.09. The average molecular weight is 432 g/mol. The average Bonchev–Trinajstić information content (AvgIpc) is 3.27. The maximum atomic E-state index is 13.4. The first kappa shape index (κ1) is 20.2. The number of hydrogen-bond acceptors (Lipinski definition) is 2. The van der Waals surface area contributed by atoms with Crippen molar-refractivity contribution in [3.8, 4) is 0 Å². The molecule has 2 nitrogen and oxygen atoms in total. The van der Waals surface area contributed by atoms with Gasteiger partial charge in [0.15, 0.2) is 5.78 Å². The van der Waals surface area contributed by atoms with Crippen LogP contribution in [0.3, 0.4) is 0 Å². The van der Waals surface area contributed by atoms with Crippen molar-refractivity contribution in [2.45, 2.75) is 52.0 Å². The van der Waals surface area contributed by atoms with Gasteiger partial charge < -0.3 is 4.90 Å². The molecule has 164 valence electrons. The SMILES string of the molecule is Cc1cc(C)c2c3c(ccc2c1N1C=CC[C@H]1Cc1ccccc1)C1=C(CCC=C1)CC3=O. The van der Waals surface area contributed by atoms with Crippen LogP contribution >= 0.6 is 0 Å². The maximum absolute atomic E-state index is 13.4. The number of ketones is 1. The number of anilines is 1. The quantitative estimate of drug-likeness (QED) is 0.428. The Bertz CT molecular complexity index is 1370. The first-order valence-electron chi connectivity index (χ1n) is 12.1. The van der Waals surface area contributed by atoms with Gasteiger partial charge in [-0.1, -0.05) is 72.3 Å². The minimum atomic E-state index is 0.278. The molecule has 1 aliphatic heterocycles. The highest BCUT2D eigenvalue weighted by Crippen LogP contribution is 2.44. The largest absolute Gasteiger partial charge is 0.344 e. The Kier molecular flexibility index (Phi) is 4.83. The lowest BCUT2D eigenvalue weighted by molar-refractivity contribution is 0.0991. The third-order valence-corrected chi connectivity index (χ3v) is 7.52. The minimum absolute atomic E-state index is 0.278. The second-order valence-electron chi connectivity index (χ2n) is 9.70. The van der Waals surface area contributed by atoms with Gasteiger partial charge in [0.1, 0.15) is 0 Å². The van der Waals surface area contributed by atoms with E-state index in [0.717, 1.165) is 42.2 Å². The smallest absolute Gasteiger partial charge is 0.168 e. The van der Waals surface area contributed by atoms with E-state index < -0.39 is 0 Å². The van der Waals surface area contributed by atoms with Crippen molar-refractivity contribution in [3.05, 3.63) is 106 Å². The fourth-order valence-corrected chi connectivity index (χ4v) is 6.09. The topological polar surface area (TPSA) is 20.3 Å². The number of fused-ring (bicyclic) bond motifs is 4. The van der Waals surface area contributed by atoms with Crippen LogP contribution in [-0.2, 0) is 6.42 Å². The van der Waals surface area contributed by atoms with E-state index in [1.54, 1.807) is 0 Å². The summed E-state index contributed by atoms with van der Waals surface area (Å²) in [5.41, 5.74) is 9.72. The standard InChI is InChI=1S/C31H29NO/c1-20-17-21(2)31(32-16-8-12-24(32)18-22-9-4-3-5-10-22)27-15-14-26-25-13-7-6-11-23(25)19-28(33)30(26)29(20)27/h3-5,7-10,13-17,24H,6,11-12,18-19H2,1-2H3/t24-/m0/s1. The van der Waals surface area contributed by atoms with Gasteiger partial charge in [-0.3, -0.25) is 4.79 Å². The summed E-state index contributed by atoms with van der Waals surface area (Å²) in [5, 5.41) is 2.34. The number of carbonyl (C=O) groups is 1. The number of aryl methyl sites for hydroxylation is 2. The van der Waals surface area contributed by atoms with E-state index in [1.807, 2.05) is 0 Å². The van der Waals surface area contributed by atoms with Gasteiger partial charge in [0.25, 0.3) is 0 Å². The molecule has 0 saturated heterocycles. The number of hydrogen-bond donors (Lipinski definition) is 0. The maximum Gasteiger partial charge on any atom is 0.168 e. The number of allylic oxidation sites excluding steroid dienone is 4. The van der Waals surface area contributed by atoms with Crippen molar-refractivity contribution in [3.63, 3.8) is 0 Å².